The van der Waals surface area contributed by atoms with E-state index in [9.17, 15) is 19.5 Å². The van der Waals surface area contributed by atoms with Crippen LogP contribution < -0.4 is 16.4 Å². The van der Waals surface area contributed by atoms with Gasteiger partial charge in [-0.3, -0.25) is 9.59 Å². The van der Waals surface area contributed by atoms with Gasteiger partial charge in [-0.25, -0.2) is 4.79 Å². The predicted octanol–water partition coefficient (Wildman–Crippen LogP) is 2.87. The van der Waals surface area contributed by atoms with Crippen molar-refractivity contribution in [3.63, 3.8) is 0 Å². The molecule has 5 rings (SSSR count). The first-order valence-corrected chi connectivity index (χ1v) is 10.9. The lowest BCUT2D eigenvalue weighted by Crippen LogP contribution is -2.29. The number of rotatable bonds is 4. The smallest absolute Gasteiger partial charge is 0.316 e. The molecule has 2 aliphatic rings. The average molecular weight is 457 g/mol. The minimum Gasteiger partial charge on any atom is -0.391 e. The number of primary amides is 1. The van der Waals surface area contributed by atoms with Crippen LogP contribution in [0.3, 0.4) is 0 Å². The number of nitrogens with one attached hydrogen (secondary N) is 3. The van der Waals surface area contributed by atoms with Crippen LogP contribution in [0.2, 0.25) is 0 Å². The fraction of sp³-hybridized carbons (Fsp3) is 0.160. The Morgan fingerprint density at radius 1 is 1.15 bits per heavy atom. The molecule has 9 nitrogen and oxygen atoms in total. The van der Waals surface area contributed by atoms with Crippen molar-refractivity contribution in [3.8, 4) is 11.1 Å². The van der Waals surface area contributed by atoms with Gasteiger partial charge in [-0.1, -0.05) is 12.1 Å². The summed E-state index contributed by atoms with van der Waals surface area (Å²) in [6.07, 6.45) is 3.68. The molecule has 0 radical (unpaired) electrons. The van der Waals surface area contributed by atoms with Gasteiger partial charge in [0.25, 0.3) is 11.8 Å². The van der Waals surface area contributed by atoms with Crippen LogP contribution in [0, 0.1) is 0 Å². The molecule has 9 heteroatoms. The Labute approximate surface area is 195 Å². The second-order valence-corrected chi connectivity index (χ2v) is 8.38. The second-order valence-electron chi connectivity index (χ2n) is 8.38. The molecule has 0 saturated carbocycles. The number of nitrogens with two attached hydrogens (primary N) is 1. The standard InChI is InChI=1S/C25H23N5O4/c26-25(34)28-17-4-5-22-20(10-17)21(23(32)29-22)11-18-9-16(12-27-18)14-2-1-3-15(8-14)24(33)30-7-6-19(31)13-30/h1-5,8-12,19,27,31H,6-7,13H2,(H,29,32)(H3,26,28,34). The third-order valence-corrected chi connectivity index (χ3v) is 5.97. The number of amides is 4. The Bertz CT molecular complexity index is 1340. The van der Waals surface area contributed by atoms with E-state index in [1.54, 1.807) is 35.2 Å². The highest BCUT2D eigenvalue weighted by Crippen LogP contribution is 2.35. The van der Waals surface area contributed by atoms with Crippen molar-refractivity contribution in [3.05, 3.63) is 71.5 Å². The summed E-state index contributed by atoms with van der Waals surface area (Å²) in [6, 6.07) is 13.6. The molecule has 1 saturated heterocycles. The highest BCUT2D eigenvalue weighted by Gasteiger charge is 2.26. The molecule has 0 spiro atoms. The number of aliphatic hydroxyl groups excluding tert-OH is 1. The first-order valence-electron chi connectivity index (χ1n) is 10.9. The number of fused-ring (bicyclic) bond motifs is 1. The maximum absolute atomic E-state index is 12.8. The van der Waals surface area contributed by atoms with E-state index < -0.39 is 12.1 Å². The maximum atomic E-state index is 12.8. The molecule has 1 atom stereocenters. The molecule has 6 N–H and O–H groups in total. The number of carbonyl (C=O) groups excluding carboxylic acids is 3. The molecule has 3 aromatic rings. The molecule has 2 aromatic carbocycles. The van der Waals surface area contributed by atoms with E-state index in [2.05, 4.69) is 15.6 Å². The lowest BCUT2D eigenvalue weighted by Gasteiger charge is -2.15. The van der Waals surface area contributed by atoms with E-state index in [1.165, 1.54) is 0 Å². The molecular weight excluding hydrogens is 434 g/mol. The van der Waals surface area contributed by atoms with Crippen molar-refractivity contribution in [1.82, 2.24) is 9.88 Å². The quantitative estimate of drug-likeness (QED) is 0.384. The van der Waals surface area contributed by atoms with Gasteiger partial charge in [0.05, 0.1) is 11.7 Å². The zero-order valence-corrected chi connectivity index (χ0v) is 18.2. The van der Waals surface area contributed by atoms with Crippen LogP contribution in [0.15, 0.2) is 54.7 Å². The van der Waals surface area contributed by atoms with Gasteiger partial charge in [-0.15, -0.1) is 0 Å². The van der Waals surface area contributed by atoms with E-state index >= 15 is 0 Å². The zero-order chi connectivity index (χ0) is 23.8. The van der Waals surface area contributed by atoms with Gasteiger partial charge in [0, 0.05) is 47.5 Å². The van der Waals surface area contributed by atoms with Gasteiger partial charge in [-0.2, -0.15) is 0 Å². The van der Waals surface area contributed by atoms with Gasteiger partial charge in [0.2, 0.25) is 0 Å². The molecule has 1 fully saturated rings. The van der Waals surface area contributed by atoms with Gasteiger partial charge < -0.3 is 31.4 Å². The summed E-state index contributed by atoms with van der Waals surface area (Å²) < 4.78 is 0. The van der Waals surface area contributed by atoms with Crippen molar-refractivity contribution in [2.75, 3.05) is 23.7 Å². The van der Waals surface area contributed by atoms with Crippen LogP contribution in [-0.4, -0.2) is 52.0 Å². The Balaban J connectivity index is 1.41. The van der Waals surface area contributed by atoms with Crippen LogP contribution >= 0.6 is 0 Å². The predicted molar refractivity (Wildman–Crippen MR) is 129 cm³/mol. The Morgan fingerprint density at radius 3 is 2.76 bits per heavy atom. The maximum Gasteiger partial charge on any atom is 0.316 e. The third kappa shape index (κ3) is 4.16. The fourth-order valence-electron chi connectivity index (χ4n) is 4.31. The number of aromatic amines is 1. The minimum absolute atomic E-state index is 0.101. The van der Waals surface area contributed by atoms with Crippen LogP contribution in [0.4, 0.5) is 16.2 Å². The van der Waals surface area contributed by atoms with E-state index in [0.29, 0.717) is 53.3 Å². The largest absolute Gasteiger partial charge is 0.391 e. The number of carbonyl (C=O) groups is 3. The van der Waals surface area contributed by atoms with Gasteiger partial charge in [0.1, 0.15) is 0 Å². The number of aliphatic hydroxyl groups is 1. The Kier molecular flexibility index (Phi) is 5.39. The van der Waals surface area contributed by atoms with E-state index in [-0.39, 0.29) is 11.8 Å². The molecule has 1 unspecified atom stereocenters. The summed E-state index contributed by atoms with van der Waals surface area (Å²) in [7, 11) is 0. The summed E-state index contributed by atoms with van der Waals surface area (Å²) in [4.78, 5) is 41.3. The third-order valence-electron chi connectivity index (χ3n) is 5.97. The number of hydrogen-bond donors (Lipinski definition) is 5. The Hall–Kier alpha value is -4.37. The van der Waals surface area contributed by atoms with E-state index in [1.807, 2.05) is 30.5 Å². The van der Waals surface area contributed by atoms with Gasteiger partial charge in [-0.05, 0) is 60.0 Å². The molecule has 0 aliphatic carbocycles. The van der Waals surface area contributed by atoms with Gasteiger partial charge in [0.15, 0.2) is 0 Å². The number of β-amino-alcohol motifs (C(OH)–C–C–N with tert-alkyl or cyclic N) is 1. The van der Waals surface area contributed by atoms with Crippen molar-refractivity contribution >= 4 is 40.9 Å². The zero-order valence-electron chi connectivity index (χ0n) is 18.2. The first-order chi connectivity index (χ1) is 16.4. The number of aromatic nitrogens is 1. The molecule has 34 heavy (non-hydrogen) atoms. The normalized spacial score (nSPS) is 18.1. The SMILES string of the molecule is NC(=O)Nc1ccc2c(c1)C(=Cc1cc(-c3cccc(C(=O)N4CCC(O)C4)c3)c[nH]1)C(=O)N2. The summed E-state index contributed by atoms with van der Waals surface area (Å²) in [6.45, 7) is 0.900. The molecule has 0 bridgehead atoms. The summed E-state index contributed by atoms with van der Waals surface area (Å²) in [5.74, 6) is -0.348. The Morgan fingerprint density at radius 2 is 2.00 bits per heavy atom. The van der Waals surface area contributed by atoms with E-state index in [0.717, 1.165) is 11.1 Å². The topological polar surface area (TPSA) is 141 Å². The molecular formula is C25H23N5O4. The number of hydrogen-bond acceptors (Lipinski definition) is 4. The fourth-order valence-corrected chi connectivity index (χ4v) is 4.31. The molecule has 3 heterocycles. The van der Waals surface area contributed by atoms with Crippen LogP contribution in [0.5, 0.6) is 0 Å². The highest BCUT2D eigenvalue weighted by molar-refractivity contribution is 6.35. The lowest BCUT2D eigenvalue weighted by atomic mass is 10.0. The second kappa shape index (κ2) is 8.53. The van der Waals surface area contributed by atoms with Crippen LogP contribution in [-0.2, 0) is 4.79 Å². The summed E-state index contributed by atoms with van der Waals surface area (Å²) >= 11 is 0. The average Bonchev–Trinajstić information content (AvgIpc) is 3.53. The highest BCUT2D eigenvalue weighted by atomic mass is 16.3. The number of urea groups is 1. The van der Waals surface area contributed by atoms with Crippen molar-refractivity contribution in [2.45, 2.75) is 12.5 Å². The number of anilines is 2. The number of likely N-dealkylation sites (tertiary alicyclic amines) is 1. The molecule has 172 valence electrons. The number of benzene rings is 2. The molecule has 1 aromatic heterocycles. The van der Waals surface area contributed by atoms with Crippen LogP contribution in [0.1, 0.15) is 28.0 Å². The van der Waals surface area contributed by atoms with Crippen LogP contribution in [0.25, 0.3) is 22.8 Å². The van der Waals surface area contributed by atoms with Gasteiger partial charge >= 0.3 is 6.03 Å². The summed E-state index contributed by atoms with van der Waals surface area (Å²) in [5.41, 5.74) is 10.4. The number of nitrogens with zero attached hydrogens (tertiary/aromatic N) is 1. The molecule has 2 aliphatic heterocycles. The number of H-pyrrole nitrogens is 1. The molecule has 4 amide bonds. The van der Waals surface area contributed by atoms with E-state index in [4.69, 9.17) is 5.73 Å². The van der Waals surface area contributed by atoms with Crippen molar-refractivity contribution in [2.24, 2.45) is 5.73 Å². The monoisotopic (exact) mass is 457 g/mol. The lowest BCUT2D eigenvalue weighted by molar-refractivity contribution is -0.110. The first kappa shape index (κ1) is 21.5. The van der Waals surface area contributed by atoms with Crippen molar-refractivity contribution in [1.29, 1.82) is 0 Å². The minimum atomic E-state index is -0.682. The summed E-state index contributed by atoms with van der Waals surface area (Å²) in [5, 5.41) is 15.1. The van der Waals surface area contributed by atoms with Crippen molar-refractivity contribution < 1.29 is 19.5 Å².